The van der Waals surface area contributed by atoms with Crippen molar-refractivity contribution in [3.05, 3.63) is 91.0 Å². The van der Waals surface area contributed by atoms with E-state index in [-0.39, 0.29) is 5.91 Å². The highest BCUT2D eigenvalue weighted by molar-refractivity contribution is 6.11. The average Bonchev–Trinajstić information content (AvgIpc) is 3.40. The van der Waals surface area contributed by atoms with E-state index in [1.165, 1.54) is 0 Å². The van der Waals surface area contributed by atoms with Gasteiger partial charge in [0.2, 0.25) is 0 Å². The van der Waals surface area contributed by atoms with E-state index in [1.54, 1.807) is 18.6 Å². The van der Waals surface area contributed by atoms with Gasteiger partial charge in [0.15, 0.2) is 5.69 Å². The molecule has 2 N–H and O–H groups in total. The maximum atomic E-state index is 13.2. The van der Waals surface area contributed by atoms with Gasteiger partial charge in [-0.15, -0.1) is 0 Å². The molecule has 0 bridgehead atoms. The number of pyridine rings is 2. The summed E-state index contributed by atoms with van der Waals surface area (Å²) in [6, 6.07) is 21.0. The second kappa shape index (κ2) is 11.7. The number of rotatable bonds is 10. The third-order valence-electron chi connectivity index (χ3n) is 6.56. The van der Waals surface area contributed by atoms with Crippen LogP contribution in [-0.2, 0) is 0 Å². The Morgan fingerprint density at radius 2 is 1.77 bits per heavy atom. The Bertz CT molecular complexity index is 1550. The normalized spacial score (nSPS) is 11.1. The monoisotopic (exact) mass is 521 g/mol. The predicted octanol–water partition coefficient (Wildman–Crippen LogP) is 5.45. The first-order valence-electron chi connectivity index (χ1n) is 12.8. The number of carbonyl (C=O) groups excluding carboxylic acids is 1. The van der Waals surface area contributed by atoms with Crippen LogP contribution in [0.4, 0.5) is 11.5 Å². The Kier molecular flexibility index (Phi) is 7.79. The number of benzene rings is 2. The van der Waals surface area contributed by atoms with Crippen molar-refractivity contribution in [3.63, 3.8) is 0 Å². The molecular formula is C30H31N7O2. The number of carbonyl (C=O) groups is 1. The van der Waals surface area contributed by atoms with Crippen LogP contribution in [0, 0.1) is 0 Å². The largest absolute Gasteiger partial charge is 0.456 e. The third kappa shape index (κ3) is 6.22. The summed E-state index contributed by atoms with van der Waals surface area (Å²) in [4.78, 5) is 26.4. The highest BCUT2D eigenvalue weighted by atomic mass is 16.5. The predicted molar refractivity (Wildman–Crippen MR) is 154 cm³/mol. The summed E-state index contributed by atoms with van der Waals surface area (Å²) in [5, 5.41) is 10.9. The summed E-state index contributed by atoms with van der Waals surface area (Å²) >= 11 is 0. The molecule has 5 rings (SSSR count). The lowest BCUT2D eigenvalue weighted by atomic mass is 10.0. The van der Waals surface area contributed by atoms with E-state index in [1.807, 2.05) is 73.8 Å². The molecule has 198 valence electrons. The van der Waals surface area contributed by atoms with Crippen molar-refractivity contribution in [2.75, 3.05) is 43.9 Å². The molecule has 1 amide bonds. The fraction of sp³-hybridized carbons (Fsp3) is 0.200. The number of nitrogens with zero attached hydrogens (tertiary/aromatic N) is 5. The SMILES string of the molecule is CCN(C)CCN(C)c1ccc(NC(=O)c2n[nH]c3ccc(-c4cncc(Oc5ccccc5)c4)cc23)cn1. The van der Waals surface area contributed by atoms with Crippen LogP contribution in [-0.4, -0.2) is 64.7 Å². The molecule has 39 heavy (non-hydrogen) atoms. The van der Waals surface area contributed by atoms with E-state index < -0.39 is 0 Å². The number of aromatic amines is 1. The lowest BCUT2D eigenvalue weighted by molar-refractivity contribution is 0.102. The zero-order valence-corrected chi connectivity index (χ0v) is 22.3. The first-order valence-corrected chi connectivity index (χ1v) is 12.8. The van der Waals surface area contributed by atoms with Crippen molar-refractivity contribution < 1.29 is 9.53 Å². The van der Waals surface area contributed by atoms with Gasteiger partial charge in [-0.1, -0.05) is 31.2 Å². The molecule has 0 radical (unpaired) electrons. The molecule has 0 unspecified atom stereocenters. The minimum atomic E-state index is -0.315. The van der Waals surface area contributed by atoms with E-state index in [0.29, 0.717) is 22.5 Å². The standard InChI is InChI=1S/C30H31N7O2/c1-4-36(2)14-15-37(3)28-13-11-23(19-32-28)33-30(38)29-26-17-21(10-12-27(26)34-35-29)22-16-25(20-31-18-22)39-24-8-6-5-7-9-24/h5-13,16-20H,4,14-15H2,1-3H3,(H,33,38)(H,34,35). The van der Waals surface area contributed by atoms with Gasteiger partial charge in [0, 0.05) is 37.3 Å². The number of fused-ring (bicyclic) bond motifs is 1. The molecule has 0 aliphatic heterocycles. The van der Waals surface area contributed by atoms with Crippen LogP contribution in [0.1, 0.15) is 17.4 Å². The number of likely N-dealkylation sites (N-methyl/N-ethyl adjacent to an activating group) is 2. The Morgan fingerprint density at radius 3 is 2.54 bits per heavy atom. The zero-order valence-electron chi connectivity index (χ0n) is 22.3. The molecule has 9 heteroatoms. The summed E-state index contributed by atoms with van der Waals surface area (Å²) < 4.78 is 5.94. The summed E-state index contributed by atoms with van der Waals surface area (Å²) in [7, 11) is 4.10. The van der Waals surface area contributed by atoms with E-state index in [9.17, 15) is 4.79 Å². The molecule has 0 saturated carbocycles. The number of H-pyrrole nitrogens is 1. The van der Waals surface area contributed by atoms with Crippen LogP contribution < -0.4 is 15.0 Å². The molecule has 0 aliphatic carbocycles. The number of para-hydroxylation sites is 1. The van der Waals surface area contributed by atoms with E-state index in [0.717, 1.165) is 47.8 Å². The molecule has 0 saturated heterocycles. The molecule has 9 nitrogen and oxygen atoms in total. The first-order chi connectivity index (χ1) is 19.0. The molecule has 0 atom stereocenters. The molecule has 2 aromatic carbocycles. The lowest BCUT2D eigenvalue weighted by Gasteiger charge is -2.22. The average molecular weight is 522 g/mol. The van der Waals surface area contributed by atoms with Gasteiger partial charge in [0.1, 0.15) is 17.3 Å². The van der Waals surface area contributed by atoms with Crippen molar-refractivity contribution in [2.45, 2.75) is 6.92 Å². The van der Waals surface area contributed by atoms with Crippen molar-refractivity contribution in [2.24, 2.45) is 0 Å². The third-order valence-corrected chi connectivity index (χ3v) is 6.56. The molecule has 3 aromatic heterocycles. The first kappa shape index (κ1) is 25.9. The molecule has 3 heterocycles. The number of hydrogen-bond acceptors (Lipinski definition) is 7. The van der Waals surface area contributed by atoms with Crippen LogP contribution in [0.5, 0.6) is 11.5 Å². The number of anilines is 2. The number of hydrogen-bond donors (Lipinski definition) is 2. The van der Waals surface area contributed by atoms with Gasteiger partial charge >= 0.3 is 0 Å². The maximum Gasteiger partial charge on any atom is 0.276 e. The van der Waals surface area contributed by atoms with Gasteiger partial charge in [-0.05, 0) is 61.6 Å². The maximum absolute atomic E-state index is 13.2. The quantitative estimate of drug-likeness (QED) is 0.252. The van der Waals surface area contributed by atoms with Crippen molar-refractivity contribution in [1.29, 1.82) is 0 Å². The smallest absolute Gasteiger partial charge is 0.276 e. The second-order valence-corrected chi connectivity index (χ2v) is 9.33. The van der Waals surface area contributed by atoms with Gasteiger partial charge in [0.05, 0.1) is 23.6 Å². The summed E-state index contributed by atoms with van der Waals surface area (Å²) in [5.74, 6) is 1.89. The van der Waals surface area contributed by atoms with Gasteiger partial charge in [-0.3, -0.25) is 14.9 Å². The number of nitrogens with one attached hydrogen (secondary N) is 2. The van der Waals surface area contributed by atoms with E-state index in [2.05, 4.69) is 49.3 Å². The molecule has 0 spiro atoms. The molecule has 0 aliphatic rings. The minimum absolute atomic E-state index is 0.306. The fourth-order valence-corrected chi connectivity index (χ4v) is 4.09. The Labute approximate surface area is 227 Å². The second-order valence-electron chi connectivity index (χ2n) is 9.33. The minimum Gasteiger partial charge on any atom is -0.456 e. The Morgan fingerprint density at radius 1 is 0.923 bits per heavy atom. The van der Waals surface area contributed by atoms with Crippen molar-refractivity contribution in [3.8, 4) is 22.6 Å². The molecule has 5 aromatic rings. The van der Waals surface area contributed by atoms with Crippen molar-refractivity contribution in [1.82, 2.24) is 25.1 Å². The highest BCUT2D eigenvalue weighted by Crippen LogP contribution is 2.29. The summed E-state index contributed by atoms with van der Waals surface area (Å²) in [5.41, 5.74) is 3.43. The van der Waals surface area contributed by atoms with Crippen LogP contribution in [0.2, 0.25) is 0 Å². The summed E-state index contributed by atoms with van der Waals surface area (Å²) in [6.07, 6.45) is 5.10. The number of amides is 1. The number of ether oxygens (including phenoxy) is 1. The zero-order chi connectivity index (χ0) is 27.2. The van der Waals surface area contributed by atoms with E-state index in [4.69, 9.17) is 4.74 Å². The summed E-state index contributed by atoms with van der Waals surface area (Å²) in [6.45, 7) is 4.95. The highest BCUT2D eigenvalue weighted by Gasteiger charge is 2.16. The fourth-order valence-electron chi connectivity index (χ4n) is 4.09. The Balaban J connectivity index is 1.31. The van der Waals surface area contributed by atoms with Crippen LogP contribution >= 0.6 is 0 Å². The van der Waals surface area contributed by atoms with Crippen LogP contribution in [0.15, 0.2) is 85.3 Å². The lowest BCUT2D eigenvalue weighted by Crippen LogP contribution is -2.31. The Hall–Kier alpha value is -4.76. The van der Waals surface area contributed by atoms with Crippen LogP contribution in [0.3, 0.4) is 0 Å². The van der Waals surface area contributed by atoms with E-state index >= 15 is 0 Å². The van der Waals surface area contributed by atoms with Crippen LogP contribution in [0.25, 0.3) is 22.0 Å². The van der Waals surface area contributed by atoms with Gasteiger partial charge in [-0.25, -0.2) is 4.98 Å². The molecular weight excluding hydrogens is 490 g/mol. The number of aromatic nitrogens is 4. The molecule has 0 fully saturated rings. The van der Waals surface area contributed by atoms with Gasteiger partial charge < -0.3 is 19.9 Å². The van der Waals surface area contributed by atoms with Gasteiger partial charge in [0.25, 0.3) is 5.91 Å². The topological polar surface area (TPSA) is 99.3 Å². The van der Waals surface area contributed by atoms with Gasteiger partial charge in [-0.2, -0.15) is 5.10 Å². The van der Waals surface area contributed by atoms with Crippen molar-refractivity contribution >= 4 is 28.3 Å².